The van der Waals surface area contributed by atoms with Gasteiger partial charge < -0.3 is 10.9 Å². The lowest BCUT2D eigenvalue weighted by atomic mass is 9.70. The fraction of sp³-hybridized carbons (Fsp3) is 0.900. The summed E-state index contributed by atoms with van der Waals surface area (Å²) in [5.74, 6) is 0.489. The molecule has 3 nitrogen and oxygen atoms in total. The number of oxime groups is 1. The van der Waals surface area contributed by atoms with Crippen LogP contribution < -0.4 is 5.73 Å². The van der Waals surface area contributed by atoms with E-state index in [1.54, 1.807) is 0 Å². The van der Waals surface area contributed by atoms with Crippen LogP contribution in [0.3, 0.4) is 0 Å². The minimum atomic E-state index is -0.0289. The highest BCUT2D eigenvalue weighted by atomic mass is 16.4. The fourth-order valence-corrected chi connectivity index (χ4v) is 3.36. The summed E-state index contributed by atoms with van der Waals surface area (Å²) in [5.41, 5.74) is 7.07. The Labute approximate surface area is 79.0 Å². The molecule has 0 spiro atoms. The van der Waals surface area contributed by atoms with Crippen molar-refractivity contribution in [2.45, 2.75) is 39.7 Å². The average molecular weight is 182 g/mol. The van der Waals surface area contributed by atoms with Crippen molar-refractivity contribution >= 4 is 5.71 Å². The minimum Gasteiger partial charge on any atom is -0.411 e. The van der Waals surface area contributed by atoms with Crippen molar-refractivity contribution in [1.82, 2.24) is 0 Å². The van der Waals surface area contributed by atoms with Crippen molar-refractivity contribution in [2.24, 2.45) is 27.6 Å². The molecule has 2 fully saturated rings. The number of rotatable bonds is 0. The van der Waals surface area contributed by atoms with Gasteiger partial charge in [0, 0.05) is 5.41 Å². The number of hydrogen-bond donors (Lipinski definition) is 2. The zero-order chi connectivity index (χ0) is 9.85. The van der Waals surface area contributed by atoms with E-state index in [4.69, 9.17) is 10.9 Å². The molecule has 0 radical (unpaired) electrons. The Hall–Kier alpha value is -0.570. The molecule has 0 heterocycles. The van der Waals surface area contributed by atoms with E-state index < -0.39 is 0 Å². The number of nitrogens with two attached hydrogens (primary N) is 1. The molecule has 2 rings (SSSR count). The summed E-state index contributed by atoms with van der Waals surface area (Å²) >= 11 is 0. The largest absolute Gasteiger partial charge is 0.411 e. The average Bonchev–Trinajstić information content (AvgIpc) is 2.32. The molecule has 0 amide bonds. The molecule has 2 saturated carbocycles. The molecule has 2 aliphatic carbocycles. The molecule has 0 unspecified atom stereocenters. The van der Waals surface area contributed by atoms with Crippen LogP contribution in [0.25, 0.3) is 0 Å². The molecule has 2 bridgehead atoms. The van der Waals surface area contributed by atoms with Gasteiger partial charge in [-0.2, -0.15) is 0 Å². The molecule has 0 aliphatic heterocycles. The van der Waals surface area contributed by atoms with Gasteiger partial charge in [-0.1, -0.05) is 25.9 Å². The van der Waals surface area contributed by atoms with Crippen LogP contribution in [0.2, 0.25) is 0 Å². The lowest BCUT2D eigenvalue weighted by Crippen LogP contribution is -2.39. The molecule has 0 aromatic heterocycles. The smallest absolute Gasteiger partial charge is 0.0804 e. The van der Waals surface area contributed by atoms with E-state index in [9.17, 15) is 0 Å². The van der Waals surface area contributed by atoms with Gasteiger partial charge in [0.2, 0.25) is 0 Å². The highest BCUT2D eigenvalue weighted by Gasteiger charge is 2.64. The molecule has 74 valence electrons. The Bertz CT molecular complexity index is 272. The first-order valence-electron chi connectivity index (χ1n) is 4.93. The zero-order valence-corrected chi connectivity index (χ0v) is 8.54. The van der Waals surface area contributed by atoms with E-state index in [0.29, 0.717) is 5.92 Å². The second-order valence-corrected chi connectivity index (χ2v) is 5.21. The van der Waals surface area contributed by atoms with Crippen LogP contribution in [0.15, 0.2) is 5.16 Å². The molecule has 13 heavy (non-hydrogen) atoms. The molecule has 3 atom stereocenters. The molecule has 0 aromatic rings. The summed E-state index contributed by atoms with van der Waals surface area (Å²) in [7, 11) is 0. The van der Waals surface area contributed by atoms with E-state index in [-0.39, 0.29) is 16.9 Å². The van der Waals surface area contributed by atoms with Crippen molar-refractivity contribution < 1.29 is 5.21 Å². The van der Waals surface area contributed by atoms with Gasteiger partial charge in [0.15, 0.2) is 0 Å². The van der Waals surface area contributed by atoms with E-state index in [0.717, 1.165) is 12.1 Å². The SMILES string of the molecule is CC1(C)[C@@H]2CC[C@@]1(C)/C(=N/O)[C@H]2N. The van der Waals surface area contributed by atoms with Gasteiger partial charge in [0.25, 0.3) is 0 Å². The van der Waals surface area contributed by atoms with Gasteiger partial charge >= 0.3 is 0 Å². The van der Waals surface area contributed by atoms with Crippen LogP contribution in [0.4, 0.5) is 0 Å². The first-order valence-corrected chi connectivity index (χ1v) is 4.93. The molecular weight excluding hydrogens is 164 g/mol. The van der Waals surface area contributed by atoms with Crippen LogP contribution >= 0.6 is 0 Å². The minimum absolute atomic E-state index is 0.0197. The van der Waals surface area contributed by atoms with Crippen LogP contribution in [0.1, 0.15) is 33.6 Å². The predicted molar refractivity (Wildman–Crippen MR) is 51.8 cm³/mol. The third kappa shape index (κ3) is 0.766. The molecule has 3 N–H and O–H groups in total. The Morgan fingerprint density at radius 1 is 1.46 bits per heavy atom. The molecule has 0 aromatic carbocycles. The summed E-state index contributed by atoms with van der Waals surface area (Å²) in [4.78, 5) is 0. The molecular formula is C10H18N2O. The van der Waals surface area contributed by atoms with Gasteiger partial charge in [0.05, 0.1) is 11.8 Å². The van der Waals surface area contributed by atoms with E-state index in [1.807, 2.05) is 0 Å². The van der Waals surface area contributed by atoms with Crippen molar-refractivity contribution in [2.75, 3.05) is 0 Å². The Morgan fingerprint density at radius 3 is 2.38 bits per heavy atom. The quantitative estimate of drug-likeness (QED) is 0.441. The third-order valence-corrected chi connectivity index (χ3v) is 4.73. The van der Waals surface area contributed by atoms with Crippen molar-refractivity contribution in [3.8, 4) is 0 Å². The standard InChI is InChI=1S/C10H18N2O/c1-9(2)6-4-5-10(9,3)8(12-13)7(6)11/h6-7,13H,4-5,11H2,1-3H3/b12-8+/t6-,7+,10+/m1/s1. The van der Waals surface area contributed by atoms with Crippen molar-refractivity contribution in [3.05, 3.63) is 0 Å². The lowest BCUT2D eigenvalue weighted by molar-refractivity contribution is 0.186. The van der Waals surface area contributed by atoms with Crippen LogP contribution in [-0.4, -0.2) is 17.0 Å². The number of hydrogen-bond acceptors (Lipinski definition) is 3. The summed E-state index contributed by atoms with van der Waals surface area (Å²) in [6.45, 7) is 6.65. The van der Waals surface area contributed by atoms with Crippen molar-refractivity contribution in [1.29, 1.82) is 0 Å². The fourth-order valence-electron chi connectivity index (χ4n) is 3.36. The Balaban J connectivity index is 2.52. The zero-order valence-electron chi connectivity index (χ0n) is 8.54. The first kappa shape index (κ1) is 9.00. The predicted octanol–water partition coefficient (Wildman–Crippen LogP) is 1.60. The van der Waals surface area contributed by atoms with Gasteiger partial charge in [0.1, 0.15) is 0 Å². The van der Waals surface area contributed by atoms with E-state index in [1.165, 1.54) is 6.42 Å². The second-order valence-electron chi connectivity index (χ2n) is 5.21. The maximum atomic E-state index is 8.96. The number of fused-ring (bicyclic) bond motifs is 2. The van der Waals surface area contributed by atoms with E-state index in [2.05, 4.69) is 25.9 Å². The Kier molecular flexibility index (Phi) is 1.57. The third-order valence-electron chi connectivity index (χ3n) is 4.73. The molecule has 3 heteroatoms. The summed E-state index contributed by atoms with van der Waals surface area (Å²) in [6, 6.07) is -0.0289. The van der Waals surface area contributed by atoms with Gasteiger partial charge in [-0.25, -0.2) is 0 Å². The Morgan fingerprint density at radius 2 is 2.08 bits per heavy atom. The summed E-state index contributed by atoms with van der Waals surface area (Å²) in [6.07, 6.45) is 2.28. The molecule has 0 saturated heterocycles. The summed E-state index contributed by atoms with van der Waals surface area (Å²) in [5, 5.41) is 12.4. The topological polar surface area (TPSA) is 58.6 Å². The second kappa shape index (κ2) is 2.27. The normalized spacial score (nSPS) is 50.3. The number of nitrogens with zero attached hydrogens (tertiary/aromatic N) is 1. The van der Waals surface area contributed by atoms with Gasteiger partial charge in [-0.05, 0) is 24.2 Å². The molecule has 2 aliphatic rings. The monoisotopic (exact) mass is 182 g/mol. The van der Waals surface area contributed by atoms with Gasteiger partial charge in [-0.15, -0.1) is 0 Å². The highest BCUT2D eigenvalue weighted by molar-refractivity contribution is 5.98. The van der Waals surface area contributed by atoms with E-state index >= 15 is 0 Å². The van der Waals surface area contributed by atoms with Crippen LogP contribution in [0.5, 0.6) is 0 Å². The van der Waals surface area contributed by atoms with Crippen molar-refractivity contribution in [3.63, 3.8) is 0 Å². The van der Waals surface area contributed by atoms with Gasteiger partial charge in [-0.3, -0.25) is 0 Å². The summed E-state index contributed by atoms with van der Waals surface area (Å²) < 4.78 is 0. The van der Waals surface area contributed by atoms with Crippen LogP contribution in [0, 0.1) is 16.7 Å². The lowest BCUT2D eigenvalue weighted by Gasteiger charge is -2.33. The highest BCUT2D eigenvalue weighted by Crippen LogP contribution is 2.63. The maximum Gasteiger partial charge on any atom is 0.0804 e. The van der Waals surface area contributed by atoms with Crippen LogP contribution in [-0.2, 0) is 0 Å². The maximum absolute atomic E-state index is 8.96. The first-order chi connectivity index (χ1) is 5.95.